The summed E-state index contributed by atoms with van der Waals surface area (Å²) >= 11 is 1.82. The van der Waals surface area contributed by atoms with Crippen LogP contribution in [0, 0.1) is 0 Å². The molecule has 1 saturated carbocycles. The monoisotopic (exact) mass is 158 g/mol. The number of hydrogen-bond donors (Lipinski definition) is 1. The summed E-state index contributed by atoms with van der Waals surface area (Å²) in [6, 6.07) is 0. The van der Waals surface area contributed by atoms with E-state index in [1.807, 2.05) is 17.8 Å². The predicted octanol–water partition coefficient (Wildman–Crippen LogP) is 1.82. The maximum atomic E-state index is 9.36. The third-order valence-electron chi connectivity index (χ3n) is 1.85. The Morgan fingerprint density at radius 1 is 1.60 bits per heavy atom. The molecule has 0 unspecified atom stereocenters. The first-order valence-corrected chi connectivity index (χ1v) is 4.80. The zero-order chi connectivity index (χ0) is 7.40. The van der Waals surface area contributed by atoms with Crippen LogP contribution in [0.3, 0.4) is 0 Å². The lowest BCUT2D eigenvalue weighted by Crippen LogP contribution is -2.15. The number of rotatable bonds is 3. The van der Waals surface area contributed by atoms with Crippen molar-refractivity contribution in [1.82, 2.24) is 0 Å². The largest absolute Gasteiger partial charge is 0.392 e. The van der Waals surface area contributed by atoms with Crippen LogP contribution in [0.5, 0.6) is 0 Å². The summed E-state index contributed by atoms with van der Waals surface area (Å²) < 4.78 is 0. The topological polar surface area (TPSA) is 20.2 Å². The lowest BCUT2D eigenvalue weighted by Gasteiger charge is -2.11. The van der Waals surface area contributed by atoms with Gasteiger partial charge in [-0.05, 0) is 19.3 Å². The molecule has 1 fully saturated rings. The van der Waals surface area contributed by atoms with Gasteiger partial charge < -0.3 is 5.11 Å². The first-order chi connectivity index (χ1) is 4.84. The fourth-order valence-corrected chi connectivity index (χ4v) is 2.37. The van der Waals surface area contributed by atoms with Crippen LogP contribution in [0.4, 0.5) is 0 Å². The molecule has 0 amide bonds. The smallest absolute Gasteiger partial charge is 0.0658 e. The quantitative estimate of drug-likeness (QED) is 0.632. The Labute approximate surface area is 66.5 Å². The highest BCUT2D eigenvalue weighted by Crippen LogP contribution is 2.29. The van der Waals surface area contributed by atoms with Gasteiger partial charge in [0.05, 0.1) is 6.10 Å². The van der Waals surface area contributed by atoms with Crippen LogP contribution in [-0.2, 0) is 0 Å². The molecule has 0 aromatic carbocycles. The van der Waals surface area contributed by atoms with Crippen LogP contribution in [0.2, 0.25) is 0 Å². The van der Waals surface area contributed by atoms with Crippen molar-refractivity contribution in [3.63, 3.8) is 0 Å². The van der Waals surface area contributed by atoms with Crippen molar-refractivity contribution < 1.29 is 5.11 Å². The van der Waals surface area contributed by atoms with E-state index in [0.717, 1.165) is 12.2 Å². The van der Waals surface area contributed by atoms with Gasteiger partial charge in [-0.15, -0.1) is 6.58 Å². The minimum Gasteiger partial charge on any atom is -0.392 e. The number of aliphatic hydroxyl groups is 1. The van der Waals surface area contributed by atoms with Gasteiger partial charge in [0, 0.05) is 11.0 Å². The molecule has 0 radical (unpaired) electrons. The summed E-state index contributed by atoms with van der Waals surface area (Å²) in [6.45, 7) is 3.64. The number of aliphatic hydroxyl groups excluding tert-OH is 1. The Morgan fingerprint density at radius 2 is 2.40 bits per heavy atom. The third-order valence-corrected chi connectivity index (χ3v) is 3.25. The van der Waals surface area contributed by atoms with Gasteiger partial charge in [-0.2, -0.15) is 11.8 Å². The fraction of sp³-hybridized carbons (Fsp3) is 0.750. The molecule has 1 rings (SSSR count). The molecule has 10 heavy (non-hydrogen) atoms. The fourth-order valence-electron chi connectivity index (χ4n) is 1.29. The SMILES string of the molecule is C=CCS[C@H]1CCC[C@@H]1O. The molecule has 2 heteroatoms. The molecule has 0 spiro atoms. The molecule has 1 nitrogen and oxygen atoms in total. The van der Waals surface area contributed by atoms with E-state index in [2.05, 4.69) is 6.58 Å². The first kappa shape index (κ1) is 8.15. The third kappa shape index (κ3) is 2.03. The second-order valence-electron chi connectivity index (χ2n) is 2.66. The van der Waals surface area contributed by atoms with E-state index in [1.165, 1.54) is 12.8 Å². The van der Waals surface area contributed by atoms with Gasteiger partial charge in [0.1, 0.15) is 0 Å². The lowest BCUT2D eigenvalue weighted by molar-refractivity contribution is 0.188. The lowest BCUT2D eigenvalue weighted by atomic mass is 10.3. The highest BCUT2D eigenvalue weighted by molar-refractivity contribution is 8.00. The molecule has 1 aliphatic carbocycles. The van der Waals surface area contributed by atoms with Crippen molar-refractivity contribution in [3.05, 3.63) is 12.7 Å². The van der Waals surface area contributed by atoms with E-state index >= 15 is 0 Å². The number of hydrogen-bond acceptors (Lipinski definition) is 2. The average Bonchev–Trinajstić information content (AvgIpc) is 2.31. The van der Waals surface area contributed by atoms with Crippen LogP contribution >= 0.6 is 11.8 Å². The summed E-state index contributed by atoms with van der Waals surface area (Å²) in [5.74, 6) is 0.974. The Kier molecular flexibility index (Phi) is 3.29. The molecule has 2 atom stereocenters. The zero-order valence-corrected chi connectivity index (χ0v) is 6.94. The molecule has 0 aliphatic heterocycles. The Balaban J connectivity index is 2.19. The van der Waals surface area contributed by atoms with E-state index in [4.69, 9.17) is 0 Å². The summed E-state index contributed by atoms with van der Waals surface area (Å²) in [5.41, 5.74) is 0. The molecular formula is C8H14OS. The Hall–Kier alpha value is 0.0500. The Bertz CT molecular complexity index is 114. The minimum atomic E-state index is -0.0510. The van der Waals surface area contributed by atoms with E-state index < -0.39 is 0 Å². The zero-order valence-electron chi connectivity index (χ0n) is 6.12. The van der Waals surface area contributed by atoms with Gasteiger partial charge in [-0.25, -0.2) is 0 Å². The predicted molar refractivity (Wildman–Crippen MR) is 46.3 cm³/mol. The summed E-state index contributed by atoms with van der Waals surface area (Å²) in [7, 11) is 0. The van der Waals surface area contributed by atoms with Crippen molar-refractivity contribution >= 4 is 11.8 Å². The molecule has 0 aromatic heterocycles. The second-order valence-corrected chi connectivity index (χ2v) is 3.93. The molecule has 0 aromatic rings. The highest BCUT2D eigenvalue weighted by Gasteiger charge is 2.24. The van der Waals surface area contributed by atoms with Crippen LogP contribution < -0.4 is 0 Å². The highest BCUT2D eigenvalue weighted by atomic mass is 32.2. The van der Waals surface area contributed by atoms with E-state index in [9.17, 15) is 5.11 Å². The van der Waals surface area contributed by atoms with Crippen molar-refractivity contribution in [2.24, 2.45) is 0 Å². The van der Waals surface area contributed by atoms with E-state index in [1.54, 1.807) is 0 Å². The summed E-state index contributed by atoms with van der Waals surface area (Å²) in [5, 5.41) is 9.84. The van der Waals surface area contributed by atoms with Gasteiger partial charge in [-0.3, -0.25) is 0 Å². The standard InChI is InChI=1S/C8H14OS/c1-2-6-10-8-5-3-4-7(8)9/h2,7-9H,1,3-6H2/t7-,8-/m0/s1. The van der Waals surface area contributed by atoms with Crippen LogP contribution in [-0.4, -0.2) is 22.2 Å². The van der Waals surface area contributed by atoms with Crippen molar-refractivity contribution in [2.45, 2.75) is 30.6 Å². The van der Waals surface area contributed by atoms with Gasteiger partial charge in [0.25, 0.3) is 0 Å². The van der Waals surface area contributed by atoms with Crippen LogP contribution in [0.1, 0.15) is 19.3 Å². The van der Waals surface area contributed by atoms with Crippen molar-refractivity contribution in [3.8, 4) is 0 Å². The molecule has 0 heterocycles. The van der Waals surface area contributed by atoms with Gasteiger partial charge in [0.2, 0.25) is 0 Å². The maximum absolute atomic E-state index is 9.36. The molecule has 1 N–H and O–H groups in total. The van der Waals surface area contributed by atoms with Crippen LogP contribution in [0.25, 0.3) is 0 Å². The van der Waals surface area contributed by atoms with Crippen molar-refractivity contribution in [1.29, 1.82) is 0 Å². The van der Waals surface area contributed by atoms with Gasteiger partial charge in [0.15, 0.2) is 0 Å². The molecule has 1 aliphatic rings. The average molecular weight is 158 g/mol. The van der Waals surface area contributed by atoms with E-state index in [0.29, 0.717) is 5.25 Å². The van der Waals surface area contributed by atoms with Gasteiger partial charge >= 0.3 is 0 Å². The number of thioether (sulfide) groups is 1. The van der Waals surface area contributed by atoms with Crippen LogP contribution in [0.15, 0.2) is 12.7 Å². The second kappa shape index (κ2) is 4.04. The summed E-state index contributed by atoms with van der Waals surface area (Å²) in [4.78, 5) is 0. The van der Waals surface area contributed by atoms with E-state index in [-0.39, 0.29) is 6.10 Å². The molecule has 58 valence electrons. The first-order valence-electron chi connectivity index (χ1n) is 3.75. The molecular weight excluding hydrogens is 144 g/mol. The van der Waals surface area contributed by atoms with Crippen molar-refractivity contribution in [2.75, 3.05) is 5.75 Å². The molecule has 0 bridgehead atoms. The van der Waals surface area contributed by atoms with Gasteiger partial charge in [-0.1, -0.05) is 6.08 Å². The maximum Gasteiger partial charge on any atom is 0.0658 e. The Morgan fingerprint density at radius 3 is 2.90 bits per heavy atom. The normalized spacial score (nSPS) is 32.5. The summed E-state index contributed by atoms with van der Waals surface area (Å²) in [6.07, 6.45) is 5.21. The minimum absolute atomic E-state index is 0.0510. The molecule has 0 saturated heterocycles.